The number of ether oxygens (including phenoxy) is 1. The Labute approximate surface area is 70.9 Å². The SMILES string of the molecule is COc1cc(C(O)C(F)(F)F)on1. The second-order valence-corrected chi connectivity index (χ2v) is 2.22. The molecule has 0 saturated carbocycles. The number of aliphatic hydroxyl groups is 1. The Hall–Kier alpha value is -1.24. The fourth-order valence-corrected chi connectivity index (χ4v) is 0.658. The van der Waals surface area contributed by atoms with Gasteiger partial charge in [0.25, 0.3) is 5.88 Å². The van der Waals surface area contributed by atoms with Gasteiger partial charge in [-0.15, -0.1) is 0 Å². The monoisotopic (exact) mass is 197 g/mol. The minimum absolute atomic E-state index is 0.113. The second-order valence-electron chi connectivity index (χ2n) is 2.22. The molecule has 0 fully saturated rings. The van der Waals surface area contributed by atoms with Crippen LogP contribution < -0.4 is 4.74 Å². The fraction of sp³-hybridized carbons (Fsp3) is 0.500. The standard InChI is InChI=1S/C6H6F3NO3/c1-12-4-2-3(13-10-4)5(11)6(7,8)9/h2,5,11H,1H3. The number of alkyl halides is 3. The highest BCUT2D eigenvalue weighted by Crippen LogP contribution is 2.33. The average Bonchev–Trinajstić information content (AvgIpc) is 2.48. The van der Waals surface area contributed by atoms with Gasteiger partial charge in [-0.3, -0.25) is 0 Å². The van der Waals surface area contributed by atoms with Crippen molar-refractivity contribution in [2.24, 2.45) is 0 Å². The lowest BCUT2D eigenvalue weighted by Gasteiger charge is -2.09. The first-order chi connectivity index (χ1) is 5.95. The molecule has 7 heteroatoms. The van der Waals surface area contributed by atoms with Crippen molar-refractivity contribution in [2.75, 3.05) is 7.11 Å². The predicted molar refractivity (Wildman–Crippen MR) is 34.1 cm³/mol. The number of nitrogens with zero attached hydrogens (tertiary/aromatic N) is 1. The highest BCUT2D eigenvalue weighted by atomic mass is 19.4. The normalized spacial score (nSPS) is 14.2. The minimum atomic E-state index is -4.76. The molecule has 1 N–H and O–H groups in total. The summed E-state index contributed by atoms with van der Waals surface area (Å²) < 4.78 is 44.3. The first-order valence-electron chi connectivity index (χ1n) is 3.20. The molecule has 0 amide bonds. The van der Waals surface area contributed by atoms with E-state index in [1.54, 1.807) is 0 Å². The predicted octanol–water partition coefficient (Wildman–Crippen LogP) is 1.28. The number of methoxy groups -OCH3 is 1. The van der Waals surface area contributed by atoms with E-state index in [1.807, 2.05) is 0 Å². The molecule has 1 unspecified atom stereocenters. The number of halogens is 3. The van der Waals surface area contributed by atoms with E-state index >= 15 is 0 Å². The number of aromatic nitrogens is 1. The smallest absolute Gasteiger partial charge is 0.421 e. The third kappa shape index (κ3) is 2.11. The zero-order valence-corrected chi connectivity index (χ0v) is 6.50. The van der Waals surface area contributed by atoms with Crippen LogP contribution in [-0.2, 0) is 0 Å². The summed E-state index contributed by atoms with van der Waals surface area (Å²) in [6.45, 7) is 0. The molecule has 0 aliphatic carbocycles. The third-order valence-electron chi connectivity index (χ3n) is 1.30. The highest BCUT2D eigenvalue weighted by molar-refractivity contribution is 5.13. The molecule has 1 rings (SSSR count). The Morgan fingerprint density at radius 1 is 1.62 bits per heavy atom. The van der Waals surface area contributed by atoms with Crippen molar-refractivity contribution in [1.82, 2.24) is 5.16 Å². The van der Waals surface area contributed by atoms with Gasteiger partial charge in [0, 0.05) is 6.07 Å². The number of aliphatic hydroxyl groups excluding tert-OH is 1. The van der Waals surface area contributed by atoms with E-state index in [0.29, 0.717) is 0 Å². The van der Waals surface area contributed by atoms with Crippen LogP contribution in [0.4, 0.5) is 13.2 Å². The van der Waals surface area contributed by atoms with Crippen LogP contribution in [0.25, 0.3) is 0 Å². The lowest BCUT2D eigenvalue weighted by Crippen LogP contribution is -2.19. The highest BCUT2D eigenvalue weighted by Gasteiger charge is 2.42. The van der Waals surface area contributed by atoms with Gasteiger partial charge < -0.3 is 14.4 Å². The maximum absolute atomic E-state index is 11.9. The van der Waals surface area contributed by atoms with Crippen molar-refractivity contribution in [3.8, 4) is 5.88 Å². The van der Waals surface area contributed by atoms with E-state index < -0.39 is 18.0 Å². The molecule has 1 heterocycles. The molecule has 0 aromatic carbocycles. The average molecular weight is 197 g/mol. The lowest BCUT2D eigenvalue weighted by atomic mass is 10.3. The molecule has 0 spiro atoms. The van der Waals surface area contributed by atoms with Crippen LogP contribution in [0.3, 0.4) is 0 Å². The van der Waals surface area contributed by atoms with E-state index in [-0.39, 0.29) is 5.88 Å². The summed E-state index contributed by atoms with van der Waals surface area (Å²) in [7, 11) is 1.22. The summed E-state index contributed by atoms with van der Waals surface area (Å²) in [4.78, 5) is 0. The molecular formula is C6H6F3NO3. The number of hydrogen-bond acceptors (Lipinski definition) is 4. The molecular weight excluding hydrogens is 191 g/mol. The Morgan fingerprint density at radius 3 is 2.62 bits per heavy atom. The quantitative estimate of drug-likeness (QED) is 0.775. The fourth-order valence-electron chi connectivity index (χ4n) is 0.658. The van der Waals surface area contributed by atoms with Gasteiger partial charge in [-0.25, -0.2) is 0 Å². The summed E-state index contributed by atoms with van der Waals surface area (Å²) in [5.41, 5.74) is 0. The van der Waals surface area contributed by atoms with Crippen LogP contribution >= 0.6 is 0 Å². The second kappa shape index (κ2) is 3.25. The van der Waals surface area contributed by atoms with Gasteiger partial charge in [0.15, 0.2) is 5.76 Å². The van der Waals surface area contributed by atoms with Crippen molar-refractivity contribution in [3.05, 3.63) is 11.8 Å². The first kappa shape index (κ1) is 9.85. The minimum Gasteiger partial charge on any atom is -0.479 e. The molecule has 0 aliphatic rings. The Bertz CT molecular complexity index is 283. The number of hydrogen-bond donors (Lipinski definition) is 1. The van der Waals surface area contributed by atoms with Crippen molar-refractivity contribution < 1.29 is 27.5 Å². The van der Waals surface area contributed by atoms with Crippen LogP contribution in [0.15, 0.2) is 10.6 Å². The van der Waals surface area contributed by atoms with Gasteiger partial charge in [-0.05, 0) is 5.16 Å². The van der Waals surface area contributed by atoms with Crippen molar-refractivity contribution in [2.45, 2.75) is 12.3 Å². The zero-order chi connectivity index (χ0) is 10.1. The molecule has 1 aromatic heterocycles. The van der Waals surface area contributed by atoms with Gasteiger partial charge in [0.2, 0.25) is 6.10 Å². The maximum Gasteiger partial charge on any atom is 0.421 e. The van der Waals surface area contributed by atoms with E-state index in [2.05, 4.69) is 14.4 Å². The summed E-state index contributed by atoms with van der Waals surface area (Å²) in [5, 5.41) is 11.8. The van der Waals surface area contributed by atoms with Gasteiger partial charge in [0.05, 0.1) is 7.11 Å². The zero-order valence-electron chi connectivity index (χ0n) is 6.50. The Balaban J connectivity index is 2.83. The van der Waals surface area contributed by atoms with E-state index in [0.717, 1.165) is 6.07 Å². The number of rotatable bonds is 2. The Kier molecular flexibility index (Phi) is 2.46. The lowest BCUT2D eigenvalue weighted by molar-refractivity contribution is -0.212. The topological polar surface area (TPSA) is 55.5 Å². The van der Waals surface area contributed by atoms with Gasteiger partial charge in [-0.2, -0.15) is 13.2 Å². The molecule has 4 nitrogen and oxygen atoms in total. The summed E-state index contributed by atoms with van der Waals surface area (Å²) in [6, 6.07) is 0.873. The third-order valence-corrected chi connectivity index (χ3v) is 1.30. The summed E-state index contributed by atoms with van der Waals surface area (Å²) in [6.07, 6.45) is -7.42. The summed E-state index contributed by atoms with van der Waals surface area (Å²) in [5.74, 6) is -0.803. The largest absolute Gasteiger partial charge is 0.479 e. The molecule has 0 aliphatic heterocycles. The van der Waals surface area contributed by atoms with Crippen LogP contribution in [0, 0.1) is 0 Å². The molecule has 0 saturated heterocycles. The summed E-state index contributed by atoms with van der Waals surface area (Å²) >= 11 is 0. The Morgan fingerprint density at radius 2 is 2.23 bits per heavy atom. The van der Waals surface area contributed by atoms with Crippen LogP contribution in [-0.4, -0.2) is 23.5 Å². The van der Waals surface area contributed by atoms with Crippen LogP contribution in [0.5, 0.6) is 5.88 Å². The maximum atomic E-state index is 11.9. The van der Waals surface area contributed by atoms with Gasteiger partial charge in [0.1, 0.15) is 0 Å². The van der Waals surface area contributed by atoms with E-state index in [4.69, 9.17) is 5.11 Å². The molecule has 0 bridgehead atoms. The van der Waals surface area contributed by atoms with Crippen molar-refractivity contribution >= 4 is 0 Å². The van der Waals surface area contributed by atoms with E-state index in [9.17, 15) is 13.2 Å². The van der Waals surface area contributed by atoms with Crippen LogP contribution in [0.2, 0.25) is 0 Å². The van der Waals surface area contributed by atoms with Gasteiger partial charge in [-0.1, -0.05) is 0 Å². The van der Waals surface area contributed by atoms with Crippen molar-refractivity contribution in [1.29, 1.82) is 0 Å². The molecule has 13 heavy (non-hydrogen) atoms. The molecule has 1 aromatic rings. The van der Waals surface area contributed by atoms with Gasteiger partial charge >= 0.3 is 6.18 Å². The van der Waals surface area contributed by atoms with Crippen molar-refractivity contribution in [3.63, 3.8) is 0 Å². The molecule has 1 atom stereocenters. The van der Waals surface area contributed by atoms with E-state index in [1.165, 1.54) is 7.11 Å². The molecule has 74 valence electrons. The first-order valence-corrected chi connectivity index (χ1v) is 3.20. The molecule has 0 radical (unpaired) electrons. The van der Waals surface area contributed by atoms with Crippen LogP contribution in [0.1, 0.15) is 11.9 Å².